The van der Waals surface area contributed by atoms with Crippen LogP contribution >= 0.6 is 0 Å². The third kappa shape index (κ3) is 3.46. The maximum atomic E-state index is 13.1. The van der Waals surface area contributed by atoms with E-state index in [1.807, 2.05) is 0 Å². The highest BCUT2D eigenvalue weighted by molar-refractivity contribution is 5.96. The first-order valence-electron chi connectivity index (χ1n) is 7.79. The van der Waals surface area contributed by atoms with E-state index in [2.05, 4.69) is 10.4 Å². The van der Waals surface area contributed by atoms with Crippen LogP contribution in [-0.4, -0.2) is 27.3 Å². The van der Waals surface area contributed by atoms with Crippen molar-refractivity contribution in [3.05, 3.63) is 71.2 Å². The van der Waals surface area contributed by atoms with E-state index in [4.69, 9.17) is 4.42 Å². The van der Waals surface area contributed by atoms with E-state index >= 15 is 0 Å². The number of carbonyl (C=O) groups is 1. The van der Waals surface area contributed by atoms with Gasteiger partial charge in [-0.25, -0.2) is 9.07 Å². The van der Waals surface area contributed by atoms with Gasteiger partial charge in [-0.3, -0.25) is 4.79 Å². The van der Waals surface area contributed by atoms with Crippen molar-refractivity contribution in [1.29, 1.82) is 0 Å². The minimum atomic E-state index is -0.924. The van der Waals surface area contributed by atoms with Gasteiger partial charge in [0.25, 0.3) is 5.91 Å². The molecule has 0 saturated carbocycles. The van der Waals surface area contributed by atoms with E-state index < -0.39 is 6.10 Å². The smallest absolute Gasteiger partial charge is 0.255 e. The molecule has 0 aliphatic heterocycles. The van der Waals surface area contributed by atoms with Gasteiger partial charge in [0.2, 0.25) is 0 Å². The maximum Gasteiger partial charge on any atom is 0.255 e. The van der Waals surface area contributed by atoms with E-state index in [1.54, 1.807) is 42.8 Å². The molecule has 7 heteroatoms. The van der Waals surface area contributed by atoms with E-state index in [9.17, 15) is 14.3 Å². The van der Waals surface area contributed by atoms with Crippen LogP contribution in [0.5, 0.6) is 0 Å². The number of benzene rings is 1. The maximum absolute atomic E-state index is 13.1. The van der Waals surface area contributed by atoms with E-state index in [1.165, 1.54) is 18.4 Å². The van der Waals surface area contributed by atoms with Gasteiger partial charge in [0, 0.05) is 0 Å². The summed E-state index contributed by atoms with van der Waals surface area (Å²) in [6, 6.07) is 9.17. The molecule has 0 aliphatic rings. The monoisotopic (exact) mass is 343 g/mol. The van der Waals surface area contributed by atoms with E-state index in [0.29, 0.717) is 28.4 Å². The minimum absolute atomic E-state index is 0.0208. The Balaban J connectivity index is 1.78. The molecule has 0 fully saturated rings. The van der Waals surface area contributed by atoms with Crippen LogP contribution in [0.3, 0.4) is 0 Å². The SMILES string of the molecule is Cc1nn(-c2ccc(F)cc2)c(C)c1C(=O)NCC(O)c1ccco1. The van der Waals surface area contributed by atoms with Crippen LogP contribution in [-0.2, 0) is 0 Å². The molecule has 6 nitrogen and oxygen atoms in total. The number of nitrogens with zero attached hydrogens (tertiary/aromatic N) is 2. The Bertz CT molecular complexity index is 870. The number of furan rings is 1. The number of halogens is 1. The van der Waals surface area contributed by atoms with E-state index in [0.717, 1.165) is 0 Å². The number of aliphatic hydroxyl groups excluding tert-OH is 1. The van der Waals surface area contributed by atoms with Crippen LogP contribution in [0.15, 0.2) is 47.1 Å². The van der Waals surface area contributed by atoms with Crippen LogP contribution in [0, 0.1) is 19.7 Å². The molecule has 2 heterocycles. The van der Waals surface area contributed by atoms with Crippen LogP contribution in [0.2, 0.25) is 0 Å². The highest BCUT2D eigenvalue weighted by Crippen LogP contribution is 2.19. The van der Waals surface area contributed by atoms with Crippen molar-refractivity contribution in [2.75, 3.05) is 6.54 Å². The zero-order valence-corrected chi connectivity index (χ0v) is 13.9. The summed E-state index contributed by atoms with van der Waals surface area (Å²) in [4.78, 5) is 12.5. The standard InChI is InChI=1S/C18H18FN3O3/c1-11-17(18(24)20-10-15(23)16-4-3-9-25-16)12(2)22(21-11)14-7-5-13(19)6-8-14/h3-9,15,23H,10H2,1-2H3,(H,20,24). The third-order valence-electron chi connectivity index (χ3n) is 3.92. The molecule has 0 radical (unpaired) electrons. The lowest BCUT2D eigenvalue weighted by Crippen LogP contribution is -2.29. The average Bonchev–Trinajstić information content (AvgIpc) is 3.22. The molecule has 1 unspecified atom stereocenters. The summed E-state index contributed by atoms with van der Waals surface area (Å²) in [6.45, 7) is 3.51. The largest absolute Gasteiger partial charge is 0.467 e. The fraction of sp³-hybridized carbons (Fsp3) is 0.222. The lowest BCUT2D eigenvalue weighted by molar-refractivity contribution is 0.0900. The Morgan fingerprint density at radius 3 is 2.68 bits per heavy atom. The number of nitrogens with one attached hydrogen (secondary N) is 1. The molecule has 25 heavy (non-hydrogen) atoms. The van der Waals surface area contributed by atoms with Gasteiger partial charge in [-0.15, -0.1) is 0 Å². The second-order valence-electron chi connectivity index (χ2n) is 5.68. The zero-order valence-electron chi connectivity index (χ0n) is 13.9. The summed E-state index contributed by atoms with van der Waals surface area (Å²) in [5, 5.41) is 17.0. The van der Waals surface area contributed by atoms with Gasteiger partial charge in [0.1, 0.15) is 17.7 Å². The number of aromatic nitrogens is 2. The Labute approximate surface area is 143 Å². The second-order valence-corrected chi connectivity index (χ2v) is 5.68. The van der Waals surface area contributed by atoms with Gasteiger partial charge >= 0.3 is 0 Å². The van der Waals surface area contributed by atoms with Crippen molar-refractivity contribution in [1.82, 2.24) is 15.1 Å². The first kappa shape index (κ1) is 16.9. The average molecular weight is 343 g/mol. The molecular weight excluding hydrogens is 325 g/mol. The van der Waals surface area contributed by atoms with Crippen LogP contribution < -0.4 is 5.32 Å². The molecule has 130 valence electrons. The Hall–Kier alpha value is -2.93. The number of aliphatic hydroxyl groups is 1. The summed E-state index contributed by atoms with van der Waals surface area (Å²) < 4.78 is 19.8. The molecular formula is C18H18FN3O3. The molecule has 0 spiro atoms. The van der Waals surface area contributed by atoms with E-state index in [-0.39, 0.29) is 18.3 Å². The first-order chi connectivity index (χ1) is 12.0. The molecule has 1 atom stereocenters. The highest BCUT2D eigenvalue weighted by Gasteiger charge is 2.20. The number of rotatable bonds is 5. The summed E-state index contributed by atoms with van der Waals surface area (Å²) in [6.07, 6.45) is 0.535. The number of hydrogen-bond acceptors (Lipinski definition) is 4. The molecule has 1 amide bonds. The van der Waals surface area contributed by atoms with Gasteiger partial charge in [0.15, 0.2) is 0 Å². The van der Waals surface area contributed by atoms with Crippen molar-refractivity contribution in [2.45, 2.75) is 20.0 Å². The fourth-order valence-electron chi connectivity index (χ4n) is 2.66. The zero-order chi connectivity index (χ0) is 18.0. The molecule has 0 aliphatic carbocycles. The van der Waals surface area contributed by atoms with Gasteiger partial charge < -0.3 is 14.8 Å². The molecule has 3 rings (SSSR count). The summed E-state index contributed by atoms with van der Waals surface area (Å²) in [5.74, 6) is -0.292. The molecule has 1 aromatic carbocycles. The minimum Gasteiger partial charge on any atom is -0.467 e. The van der Waals surface area contributed by atoms with Gasteiger partial charge in [-0.1, -0.05) is 0 Å². The Kier molecular flexibility index (Phi) is 4.67. The number of amides is 1. The van der Waals surface area contributed by atoms with Crippen molar-refractivity contribution >= 4 is 5.91 Å². The third-order valence-corrected chi connectivity index (χ3v) is 3.92. The van der Waals surface area contributed by atoms with Gasteiger partial charge in [-0.2, -0.15) is 5.10 Å². The van der Waals surface area contributed by atoms with Gasteiger partial charge in [0.05, 0.1) is 35.4 Å². The number of carbonyl (C=O) groups excluding carboxylic acids is 1. The first-order valence-corrected chi connectivity index (χ1v) is 7.79. The second kappa shape index (κ2) is 6.90. The van der Waals surface area contributed by atoms with Crippen molar-refractivity contribution in [3.63, 3.8) is 0 Å². The van der Waals surface area contributed by atoms with Crippen molar-refractivity contribution < 1.29 is 18.7 Å². The Morgan fingerprint density at radius 1 is 1.32 bits per heavy atom. The quantitative estimate of drug-likeness (QED) is 0.746. The van der Waals surface area contributed by atoms with Crippen molar-refractivity contribution in [3.8, 4) is 5.69 Å². The lowest BCUT2D eigenvalue weighted by Gasteiger charge is -2.10. The lowest BCUT2D eigenvalue weighted by atomic mass is 10.1. The molecule has 0 bridgehead atoms. The van der Waals surface area contributed by atoms with Crippen LogP contribution in [0.1, 0.15) is 33.6 Å². The fourth-order valence-corrected chi connectivity index (χ4v) is 2.66. The normalized spacial score (nSPS) is 12.2. The number of aryl methyl sites for hydroxylation is 1. The predicted octanol–water partition coefficient (Wildman–Crippen LogP) is 2.68. The molecule has 2 N–H and O–H groups in total. The summed E-state index contributed by atoms with van der Waals surface area (Å²) >= 11 is 0. The number of hydrogen-bond donors (Lipinski definition) is 2. The van der Waals surface area contributed by atoms with Crippen LogP contribution in [0.25, 0.3) is 5.69 Å². The Morgan fingerprint density at radius 2 is 2.04 bits per heavy atom. The topological polar surface area (TPSA) is 80.3 Å². The van der Waals surface area contributed by atoms with Crippen molar-refractivity contribution in [2.24, 2.45) is 0 Å². The molecule has 2 aromatic heterocycles. The molecule has 0 saturated heterocycles. The highest BCUT2D eigenvalue weighted by atomic mass is 19.1. The summed E-state index contributed by atoms with van der Waals surface area (Å²) in [7, 11) is 0. The molecule has 3 aromatic rings. The van der Waals surface area contributed by atoms with Gasteiger partial charge in [-0.05, 0) is 50.2 Å². The summed E-state index contributed by atoms with van der Waals surface area (Å²) in [5.41, 5.74) is 2.27. The van der Waals surface area contributed by atoms with Crippen LogP contribution in [0.4, 0.5) is 4.39 Å². The predicted molar refractivity (Wildman–Crippen MR) is 89.0 cm³/mol.